The van der Waals surface area contributed by atoms with Gasteiger partial charge in [0, 0.05) is 15.5 Å². The largest absolute Gasteiger partial charge is 0.330 e. The van der Waals surface area contributed by atoms with Crippen LogP contribution in [0.2, 0.25) is 0 Å². The fraction of sp³-hybridized carbons (Fsp3) is 0.455. The zero-order chi connectivity index (χ0) is 11.3. The third-order valence-corrected chi connectivity index (χ3v) is 3.88. The maximum absolute atomic E-state index is 13.3. The van der Waals surface area contributed by atoms with Crippen molar-refractivity contribution in [1.29, 1.82) is 0 Å². The van der Waals surface area contributed by atoms with Crippen LogP contribution in [0.3, 0.4) is 0 Å². The summed E-state index contributed by atoms with van der Waals surface area (Å²) in [5.41, 5.74) is 6.21. The topological polar surface area (TPSA) is 26.0 Å². The number of hydrogen-bond donors (Lipinski definition) is 1. The standard InChI is InChI=1S/C11H15BrFNS/c1-8(4-5-14)15-7-9-6-10(12)2-3-11(9)13/h2-3,6,8H,4-5,7,14H2,1H3. The van der Waals surface area contributed by atoms with Gasteiger partial charge in [0.05, 0.1) is 0 Å². The van der Waals surface area contributed by atoms with E-state index in [0.717, 1.165) is 16.5 Å². The van der Waals surface area contributed by atoms with Crippen molar-refractivity contribution in [1.82, 2.24) is 0 Å². The summed E-state index contributed by atoms with van der Waals surface area (Å²) in [6, 6.07) is 5.04. The molecule has 1 nitrogen and oxygen atoms in total. The number of halogens is 2. The van der Waals surface area contributed by atoms with Gasteiger partial charge in [0.1, 0.15) is 5.82 Å². The molecule has 15 heavy (non-hydrogen) atoms. The van der Waals surface area contributed by atoms with Gasteiger partial charge in [-0.15, -0.1) is 0 Å². The smallest absolute Gasteiger partial charge is 0.127 e. The number of thioether (sulfide) groups is 1. The summed E-state index contributed by atoms with van der Waals surface area (Å²) in [6.45, 7) is 2.81. The molecule has 1 rings (SSSR count). The van der Waals surface area contributed by atoms with E-state index in [-0.39, 0.29) is 5.82 Å². The summed E-state index contributed by atoms with van der Waals surface area (Å²) in [5.74, 6) is 0.567. The second-order valence-electron chi connectivity index (χ2n) is 3.43. The van der Waals surface area contributed by atoms with E-state index >= 15 is 0 Å². The first-order chi connectivity index (χ1) is 7.13. The van der Waals surface area contributed by atoms with Crippen LogP contribution in [-0.4, -0.2) is 11.8 Å². The zero-order valence-electron chi connectivity index (χ0n) is 8.67. The van der Waals surface area contributed by atoms with E-state index in [2.05, 4.69) is 22.9 Å². The molecule has 0 aliphatic rings. The van der Waals surface area contributed by atoms with Gasteiger partial charge in [0.15, 0.2) is 0 Å². The second-order valence-corrected chi connectivity index (χ2v) is 5.78. The van der Waals surface area contributed by atoms with Crippen molar-refractivity contribution in [2.75, 3.05) is 6.54 Å². The highest BCUT2D eigenvalue weighted by Crippen LogP contribution is 2.23. The Morgan fingerprint density at radius 3 is 2.93 bits per heavy atom. The lowest BCUT2D eigenvalue weighted by atomic mass is 10.2. The highest BCUT2D eigenvalue weighted by atomic mass is 79.9. The minimum Gasteiger partial charge on any atom is -0.330 e. The molecule has 4 heteroatoms. The molecule has 0 saturated heterocycles. The monoisotopic (exact) mass is 291 g/mol. The minimum absolute atomic E-state index is 0.134. The van der Waals surface area contributed by atoms with E-state index in [1.165, 1.54) is 6.07 Å². The predicted molar refractivity (Wildman–Crippen MR) is 68.5 cm³/mol. The molecule has 0 heterocycles. The van der Waals surface area contributed by atoms with Crippen molar-refractivity contribution in [3.63, 3.8) is 0 Å². The molecule has 0 aliphatic carbocycles. The lowest BCUT2D eigenvalue weighted by Gasteiger charge is -2.10. The molecule has 1 unspecified atom stereocenters. The van der Waals surface area contributed by atoms with E-state index in [4.69, 9.17) is 5.73 Å². The van der Waals surface area contributed by atoms with Gasteiger partial charge in [0.25, 0.3) is 0 Å². The van der Waals surface area contributed by atoms with Crippen LogP contribution in [-0.2, 0) is 5.75 Å². The third kappa shape index (κ3) is 4.53. The number of benzene rings is 1. The summed E-state index contributed by atoms with van der Waals surface area (Å²) in [7, 11) is 0. The zero-order valence-corrected chi connectivity index (χ0v) is 11.1. The van der Waals surface area contributed by atoms with Crippen LogP contribution in [0.15, 0.2) is 22.7 Å². The van der Waals surface area contributed by atoms with Crippen molar-refractivity contribution in [2.45, 2.75) is 24.3 Å². The SMILES string of the molecule is CC(CCN)SCc1cc(Br)ccc1F. The molecule has 2 N–H and O–H groups in total. The van der Waals surface area contributed by atoms with Crippen LogP contribution < -0.4 is 5.73 Å². The van der Waals surface area contributed by atoms with Crippen LogP contribution in [0.25, 0.3) is 0 Å². The van der Waals surface area contributed by atoms with Crippen molar-refractivity contribution in [2.24, 2.45) is 5.73 Å². The molecule has 84 valence electrons. The average molecular weight is 292 g/mol. The van der Waals surface area contributed by atoms with E-state index in [9.17, 15) is 4.39 Å². The Morgan fingerprint density at radius 1 is 1.53 bits per heavy atom. The average Bonchev–Trinajstić information content (AvgIpc) is 2.20. The third-order valence-electron chi connectivity index (χ3n) is 2.10. The maximum Gasteiger partial charge on any atom is 0.127 e. The molecule has 1 atom stereocenters. The Hall–Kier alpha value is -0.0600. The van der Waals surface area contributed by atoms with Gasteiger partial charge in [-0.2, -0.15) is 11.8 Å². The Morgan fingerprint density at radius 2 is 2.27 bits per heavy atom. The first-order valence-electron chi connectivity index (χ1n) is 4.89. The maximum atomic E-state index is 13.3. The Labute approximate surface area is 103 Å². The molecule has 0 fully saturated rings. The number of rotatable bonds is 5. The fourth-order valence-electron chi connectivity index (χ4n) is 1.20. The van der Waals surface area contributed by atoms with E-state index in [1.807, 2.05) is 6.07 Å². The van der Waals surface area contributed by atoms with E-state index < -0.39 is 0 Å². The molecule has 0 spiro atoms. The minimum atomic E-state index is -0.134. The van der Waals surface area contributed by atoms with Gasteiger partial charge in [0.2, 0.25) is 0 Å². The molecule has 1 aromatic carbocycles. The molecule has 0 saturated carbocycles. The van der Waals surface area contributed by atoms with Gasteiger partial charge < -0.3 is 5.73 Å². The van der Waals surface area contributed by atoms with Crippen LogP contribution in [0.5, 0.6) is 0 Å². The molecular weight excluding hydrogens is 277 g/mol. The Kier molecular flexibility index (Phi) is 5.64. The highest BCUT2D eigenvalue weighted by molar-refractivity contribution is 9.10. The molecule has 0 amide bonds. The molecule has 0 bridgehead atoms. The normalized spacial score (nSPS) is 12.8. The van der Waals surface area contributed by atoms with Crippen molar-refractivity contribution in [3.05, 3.63) is 34.1 Å². The van der Waals surface area contributed by atoms with Gasteiger partial charge in [-0.1, -0.05) is 22.9 Å². The van der Waals surface area contributed by atoms with Crippen LogP contribution >= 0.6 is 27.7 Å². The van der Waals surface area contributed by atoms with E-state index in [0.29, 0.717) is 17.5 Å². The summed E-state index contributed by atoms with van der Waals surface area (Å²) < 4.78 is 14.3. The summed E-state index contributed by atoms with van der Waals surface area (Å²) >= 11 is 5.07. The summed E-state index contributed by atoms with van der Waals surface area (Å²) in [6.07, 6.45) is 0.973. The fourth-order valence-corrected chi connectivity index (χ4v) is 2.60. The quantitative estimate of drug-likeness (QED) is 0.898. The molecule has 0 aromatic heterocycles. The van der Waals surface area contributed by atoms with Crippen LogP contribution in [0.4, 0.5) is 4.39 Å². The number of hydrogen-bond acceptors (Lipinski definition) is 2. The first-order valence-corrected chi connectivity index (χ1v) is 6.73. The molecule has 1 aromatic rings. The van der Waals surface area contributed by atoms with Gasteiger partial charge in [-0.05, 0) is 36.7 Å². The molecule has 0 aliphatic heterocycles. The van der Waals surface area contributed by atoms with Crippen LogP contribution in [0.1, 0.15) is 18.9 Å². The first kappa shape index (κ1) is 13.0. The van der Waals surface area contributed by atoms with E-state index in [1.54, 1.807) is 17.8 Å². The molecule has 0 radical (unpaired) electrons. The lowest BCUT2D eigenvalue weighted by molar-refractivity contribution is 0.617. The predicted octanol–water partition coefficient (Wildman–Crippen LogP) is 3.56. The number of nitrogens with two attached hydrogens (primary N) is 1. The van der Waals surface area contributed by atoms with Gasteiger partial charge in [-0.25, -0.2) is 4.39 Å². The van der Waals surface area contributed by atoms with Gasteiger partial charge in [-0.3, -0.25) is 0 Å². The Balaban J connectivity index is 2.53. The lowest BCUT2D eigenvalue weighted by Crippen LogP contribution is -2.07. The van der Waals surface area contributed by atoms with Gasteiger partial charge >= 0.3 is 0 Å². The van der Waals surface area contributed by atoms with Crippen molar-refractivity contribution in [3.8, 4) is 0 Å². The van der Waals surface area contributed by atoms with Crippen molar-refractivity contribution < 1.29 is 4.39 Å². The highest BCUT2D eigenvalue weighted by Gasteiger charge is 2.06. The Bertz CT molecular complexity index is 319. The summed E-state index contributed by atoms with van der Waals surface area (Å²) in [4.78, 5) is 0. The van der Waals surface area contributed by atoms with Crippen LogP contribution in [0, 0.1) is 5.82 Å². The summed E-state index contributed by atoms with van der Waals surface area (Å²) in [5, 5.41) is 0.480. The second kappa shape index (κ2) is 6.51. The molecular formula is C11H15BrFNS. The van der Waals surface area contributed by atoms with Crippen molar-refractivity contribution >= 4 is 27.7 Å².